The fraction of sp³-hybridized carbons (Fsp3) is 0.444. The zero-order valence-electron chi connectivity index (χ0n) is 8.13. The molecule has 0 saturated heterocycles. The number of aromatic amines is 1. The normalized spacial score (nSPS) is 10.1. The maximum Gasteiger partial charge on any atom is 0.355 e. The van der Waals surface area contributed by atoms with Crippen molar-refractivity contribution in [1.82, 2.24) is 9.97 Å². The van der Waals surface area contributed by atoms with Crippen LogP contribution in [0.5, 0.6) is 0 Å². The van der Waals surface area contributed by atoms with Crippen LogP contribution in [0.15, 0.2) is 4.79 Å². The van der Waals surface area contributed by atoms with E-state index in [4.69, 9.17) is 5.11 Å². The standard InChI is InChI=1S/C9H12N2O3/c1-3-5-7(9(13)14)10-6(4-2)11-8(5)12/h3-4H2,1-2H3,(H,13,14)(H,10,11,12). The van der Waals surface area contributed by atoms with E-state index in [1.807, 2.05) is 0 Å². The summed E-state index contributed by atoms with van der Waals surface area (Å²) in [6, 6.07) is 0. The predicted molar refractivity (Wildman–Crippen MR) is 50.6 cm³/mol. The van der Waals surface area contributed by atoms with Crippen LogP contribution >= 0.6 is 0 Å². The molecule has 0 aromatic carbocycles. The van der Waals surface area contributed by atoms with Gasteiger partial charge in [0.1, 0.15) is 5.82 Å². The van der Waals surface area contributed by atoms with Crippen molar-refractivity contribution < 1.29 is 9.90 Å². The number of carboxylic acids is 1. The van der Waals surface area contributed by atoms with E-state index >= 15 is 0 Å². The lowest BCUT2D eigenvalue weighted by atomic mass is 10.1. The Hall–Kier alpha value is -1.65. The zero-order chi connectivity index (χ0) is 10.7. The molecule has 0 unspecified atom stereocenters. The van der Waals surface area contributed by atoms with Crippen LogP contribution in [0.1, 0.15) is 35.7 Å². The smallest absolute Gasteiger partial charge is 0.355 e. The van der Waals surface area contributed by atoms with Crippen molar-refractivity contribution in [2.45, 2.75) is 26.7 Å². The Kier molecular flexibility index (Phi) is 3.01. The molecule has 0 radical (unpaired) electrons. The van der Waals surface area contributed by atoms with Gasteiger partial charge in [0, 0.05) is 6.42 Å². The summed E-state index contributed by atoms with van der Waals surface area (Å²) < 4.78 is 0. The quantitative estimate of drug-likeness (QED) is 0.741. The summed E-state index contributed by atoms with van der Waals surface area (Å²) in [7, 11) is 0. The number of aromatic nitrogens is 2. The second-order valence-electron chi connectivity index (χ2n) is 2.85. The summed E-state index contributed by atoms with van der Waals surface area (Å²) in [5.41, 5.74) is -0.250. The van der Waals surface area contributed by atoms with E-state index in [-0.39, 0.29) is 16.8 Å². The second kappa shape index (κ2) is 4.04. The zero-order valence-corrected chi connectivity index (χ0v) is 8.13. The molecule has 0 aliphatic heterocycles. The van der Waals surface area contributed by atoms with Gasteiger partial charge in [-0.25, -0.2) is 9.78 Å². The molecule has 1 aromatic heterocycles. The van der Waals surface area contributed by atoms with Crippen LogP contribution in [0.2, 0.25) is 0 Å². The Balaban J connectivity index is 3.43. The highest BCUT2D eigenvalue weighted by Crippen LogP contribution is 2.02. The number of rotatable bonds is 3. The summed E-state index contributed by atoms with van der Waals surface area (Å²) >= 11 is 0. The fourth-order valence-electron chi connectivity index (χ4n) is 1.22. The Morgan fingerprint density at radius 3 is 2.50 bits per heavy atom. The monoisotopic (exact) mass is 196 g/mol. The van der Waals surface area contributed by atoms with Crippen molar-refractivity contribution in [2.24, 2.45) is 0 Å². The SMILES string of the molecule is CCc1nc(C(=O)O)c(CC)c(=O)[nH]1. The lowest BCUT2D eigenvalue weighted by molar-refractivity contribution is 0.0688. The third kappa shape index (κ3) is 1.81. The molecule has 0 aliphatic carbocycles. The van der Waals surface area contributed by atoms with Gasteiger partial charge >= 0.3 is 5.97 Å². The molecular formula is C9H12N2O3. The molecular weight excluding hydrogens is 184 g/mol. The Morgan fingerprint density at radius 1 is 1.43 bits per heavy atom. The number of carboxylic acid groups (broad SMARTS) is 1. The third-order valence-electron chi connectivity index (χ3n) is 1.96. The van der Waals surface area contributed by atoms with Crippen LogP contribution < -0.4 is 5.56 Å². The van der Waals surface area contributed by atoms with E-state index in [1.165, 1.54) is 0 Å². The van der Waals surface area contributed by atoms with E-state index in [1.54, 1.807) is 13.8 Å². The number of hydrogen-bond donors (Lipinski definition) is 2. The first kappa shape index (κ1) is 10.4. The summed E-state index contributed by atoms with van der Waals surface area (Å²) in [5.74, 6) is -0.743. The minimum absolute atomic E-state index is 0.131. The molecule has 1 aromatic rings. The molecule has 76 valence electrons. The fourth-order valence-corrected chi connectivity index (χ4v) is 1.22. The van der Waals surface area contributed by atoms with Crippen molar-refractivity contribution in [3.8, 4) is 0 Å². The number of nitrogens with zero attached hydrogens (tertiary/aromatic N) is 1. The summed E-state index contributed by atoms with van der Waals surface area (Å²) in [5, 5.41) is 8.83. The van der Waals surface area contributed by atoms with Gasteiger partial charge in [-0.05, 0) is 6.42 Å². The second-order valence-corrected chi connectivity index (χ2v) is 2.85. The van der Waals surface area contributed by atoms with Gasteiger partial charge in [-0.3, -0.25) is 4.79 Å². The molecule has 0 aliphatic rings. The molecule has 0 spiro atoms. The number of aryl methyl sites for hydroxylation is 1. The molecule has 5 nitrogen and oxygen atoms in total. The first-order valence-electron chi connectivity index (χ1n) is 4.45. The first-order valence-corrected chi connectivity index (χ1v) is 4.45. The Labute approximate surface area is 80.8 Å². The molecule has 2 N–H and O–H groups in total. The minimum Gasteiger partial charge on any atom is -0.476 e. The maximum atomic E-state index is 11.4. The number of aromatic carboxylic acids is 1. The van der Waals surface area contributed by atoms with E-state index in [0.29, 0.717) is 18.7 Å². The third-order valence-corrected chi connectivity index (χ3v) is 1.96. The van der Waals surface area contributed by atoms with E-state index < -0.39 is 5.97 Å². The van der Waals surface area contributed by atoms with Crippen molar-refractivity contribution in [3.63, 3.8) is 0 Å². The number of H-pyrrole nitrogens is 1. The molecule has 0 atom stereocenters. The molecule has 0 amide bonds. The van der Waals surface area contributed by atoms with Crippen LogP contribution in [0.4, 0.5) is 0 Å². The van der Waals surface area contributed by atoms with Crippen molar-refractivity contribution in [2.75, 3.05) is 0 Å². The highest BCUT2D eigenvalue weighted by molar-refractivity contribution is 5.86. The average Bonchev–Trinajstić information content (AvgIpc) is 2.16. The largest absolute Gasteiger partial charge is 0.476 e. The van der Waals surface area contributed by atoms with E-state index in [2.05, 4.69) is 9.97 Å². The topological polar surface area (TPSA) is 83.0 Å². The lowest BCUT2D eigenvalue weighted by Gasteiger charge is -2.03. The van der Waals surface area contributed by atoms with Crippen LogP contribution in [-0.2, 0) is 12.8 Å². The van der Waals surface area contributed by atoms with Crippen LogP contribution in [0, 0.1) is 0 Å². The highest BCUT2D eigenvalue weighted by Gasteiger charge is 2.15. The molecule has 0 saturated carbocycles. The van der Waals surface area contributed by atoms with Crippen LogP contribution in [-0.4, -0.2) is 21.0 Å². The first-order chi connectivity index (χ1) is 6.60. The van der Waals surface area contributed by atoms with Crippen molar-refractivity contribution in [3.05, 3.63) is 27.4 Å². The maximum absolute atomic E-state index is 11.4. The summed E-state index contributed by atoms with van der Waals surface area (Å²) in [4.78, 5) is 28.6. The van der Waals surface area contributed by atoms with Gasteiger partial charge < -0.3 is 10.1 Å². The number of nitrogens with one attached hydrogen (secondary N) is 1. The van der Waals surface area contributed by atoms with Crippen LogP contribution in [0.3, 0.4) is 0 Å². The van der Waals surface area contributed by atoms with Gasteiger partial charge in [0.2, 0.25) is 0 Å². The van der Waals surface area contributed by atoms with E-state index in [0.717, 1.165) is 0 Å². The van der Waals surface area contributed by atoms with Crippen molar-refractivity contribution >= 4 is 5.97 Å². The Morgan fingerprint density at radius 2 is 2.07 bits per heavy atom. The molecule has 1 rings (SSSR count). The molecule has 1 heterocycles. The molecule has 0 bridgehead atoms. The highest BCUT2D eigenvalue weighted by atomic mass is 16.4. The predicted octanol–water partition coefficient (Wildman–Crippen LogP) is 0.593. The summed E-state index contributed by atoms with van der Waals surface area (Å²) in [6.45, 7) is 3.53. The summed E-state index contributed by atoms with van der Waals surface area (Å²) in [6.07, 6.45) is 0.882. The van der Waals surface area contributed by atoms with Gasteiger partial charge in [-0.1, -0.05) is 13.8 Å². The lowest BCUT2D eigenvalue weighted by Crippen LogP contribution is -2.22. The molecule has 5 heteroatoms. The van der Waals surface area contributed by atoms with Gasteiger partial charge in [-0.15, -0.1) is 0 Å². The van der Waals surface area contributed by atoms with Crippen LogP contribution in [0.25, 0.3) is 0 Å². The number of carbonyl (C=O) groups is 1. The van der Waals surface area contributed by atoms with E-state index in [9.17, 15) is 9.59 Å². The van der Waals surface area contributed by atoms with Crippen molar-refractivity contribution in [1.29, 1.82) is 0 Å². The van der Waals surface area contributed by atoms with Gasteiger partial charge in [-0.2, -0.15) is 0 Å². The molecule has 14 heavy (non-hydrogen) atoms. The minimum atomic E-state index is -1.15. The van der Waals surface area contributed by atoms with Gasteiger partial charge in [0.05, 0.1) is 5.56 Å². The van der Waals surface area contributed by atoms with Gasteiger partial charge in [0.25, 0.3) is 5.56 Å². The average molecular weight is 196 g/mol. The number of hydrogen-bond acceptors (Lipinski definition) is 3. The molecule has 0 fully saturated rings. The Bertz CT molecular complexity index is 409. The van der Waals surface area contributed by atoms with Gasteiger partial charge in [0.15, 0.2) is 5.69 Å².